The first-order valence-corrected chi connectivity index (χ1v) is 40.5. The minimum absolute atomic E-state index is 0.177. The molecular weight excluding hydrogens is 1150 g/mol. The number of unbranched alkanes of at least 4 members (excludes halogenated alkanes) is 51. The molecule has 544 valence electrons. The van der Waals surface area contributed by atoms with Crippen LogP contribution in [0.15, 0.2) is 60.8 Å². The van der Waals surface area contributed by atoms with Crippen LogP contribution in [-0.4, -0.2) is 87.4 Å². The number of ether oxygens (including phenoxy) is 4. The van der Waals surface area contributed by atoms with Gasteiger partial charge in [0.25, 0.3) is 6.29 Å². The highest BCUT2D eigenvalue weighted by atomic mass is 16.7. The Labute approximate surface area is 577 Å². The summed E-state index contributed by atoms with van der Waals surface area (Å²) in [6, 6.07) is 0. The van der Waals surface area contributed by atoms with Crippen LogP contribution in [0.3, 0.4) is 0 Å². The highest BCUT2D eigenvalue weighted by Crippen LogP contribution is 2.19. The van der Waals surface area contributed by atoms with E-state index in [0.717, 1.165) is 57.8 Å². The Balaban J connectivity index is 3.97. The lowest BCUT2D eigenvalue weighted by atomic mass is 10.0. The van der Waals surface area contributed by atoms with Gasteiger partial charge in [-0.25, -0.2) is 4.79 Å². The summed E-state index contributed by atoms with van der Waals surface area (Å²) >= 11 is 0. The molecule has 9 nitrogen and oxygen atoms in total. The number of carbonyl (C=O) groups is 3. The number of quaternary nitrogens is 1. The third-order valence-electron chi connectivity index (χ3n) is 18.2. The molecular formula is C84H156NO8+. The van der Waals surface area contributed by atoms with Gasteiger partial charge in [0.1, 0.15) is 13.2 Å². The molecule has 0 fully saturated rings. The number of rotatable bonds is 76. The average Bonchev–Trinajstić information content (AvgIpc) is 3.38. The molecule has 0 bridgehead atoms. The van der Waals surface area contributed by atoms with E-state index in [1.165, 1.54) is 315 Å². The van der Waals surface area contributed by atoms with Crippen LogP contribution in [0.2, 0.25) is 0 Å². The molecule has 0 rings (SSSR count). The second kappa shape index (κ2) is 74.8. The minimum atomic E-state index is -1.51. The summed E-state index contributed by atoms with van der Waals surface area (Å²) in [7, 11) is 6.00. The number of hydrogen-bond donors (Lipinski definition) is 1. The van der Waals surface area contributed by atoms with Crippen molar-refractivity contribution in [3.05, 3.63) is 60.8 Å². The second-order valence-corrected chi connectivity index (χ2v) is 28.7. The molecule has 0 aromatic rings. The number of allylic oxidation sites excluding steroid dienone is 10. The predicted octanol–water partition coefficient (Wildman–Crippen LogP) is 25.8. The lowest BCUT2D eigenvalue weighted by Gasteiger charge is -2.25. The average molecular weight is 1310 g/mol. The van der Waals surface area contributed by atoms with Gasteiger partial charge in [-0.05, 0) is 83.5 Å². The molecule has 0 aromatic carbocycles. The van der Waals surface area contributed by atoms with Crippen LogP contribution in [0, 0.1) is 0 Å². The standard InChI is InChI=1S/C84H155NO8/c1-6-8-10-12-14-16-18-20-22-24-26-28-30-32-34-36-37-38-39-40-41-42-43-44-45-47-49-51-53-55-57-59-61-63-65-67-69-71-73-75-82(87)93-80(79-92-84(83(88)89)90-77-76-85(3,4)5)78-91-81(86)74-72-70-68-66-64-62-60-58-56-54-52-50-48-46-35-33-31-29-27-25-23-21-19-17-15-13-11-9-7-2/h18-21,24-27,30,32,80,84H,6-17,22-23,28-29,31,33-79H2,1-5H3/p+1/b20-18-,21-19-,26-24-,27-25-,32-30-. The molecule has 0 saturated heterocycles. The predicted molar refractivity (Wildman–Crippen MR) is 401 cm³/mol. The molecule has 0 amide bonds. The van der Waals surface area contributed by atoms with Crippen LogP contribution < -0.4 is 0 Å². The van der Waals surface area contributed by atoms with Crippen molar-refractivity contribution >= 4 is 17.9 Å². The highest BCUT2D eigenvalue weighted by molar-refractivity contribution is 5.71. The summed E-state index contributed by atoms with van der Waals surface area (Å²) in [4.78, 5) is 37.7. The zero-order valence-electron chi connectivity index (χ0n) is 62.4. The normalized spacial score (nSPS) is 12.9. The second-order valence-electron chi connectivity index (χ2n) is 28.7. The van der Waals surface area contributed by atoms with Gasteiger partial charge < -0.3 is 28.5 Å². The van der Waals surface area contributed by atoms with Crippen molar-refractivity contribution in [2.24, 2.45) is 0 Å². The molecule has 0 aliphatic rings. The first-order valence-electron chi connectivity index (χ1n) is 40.5. The maximum Gasteiger partial charge on any atom is 0.361 e. The number of nitrogens with zero attached hydrogens (tertiary/aromatic N) is 1. The van der Waals surface area contributed by atoms with Crippen LogP contribution in [-0.2, 0) is 33.3 Å². The maximum atomic E-state index is 13.0. The zero-order valence-corrected chi connectivity index (χ0v) is 62.4. The quantitative estimate of drug-likeness (QED) is 0.0211. The molecule has 2 atom stereocenters. The molecule has 2 unspecified atom stereocenters. The minimum Gasteiger partial charge on any atom is -0.477 e. The topological polar surface area (TPSA) is 108 Å². The van der Waals surface area contributed by atoms with Gasteiger partial charge in [0.05, 0.1) is 34.4 Å². The largest absolute Gasteiger partial charge is 0.477 e. The van der Waals surface area contributed by atoms with Gasteiger partial charge in [-0.3, -0.25) is 9.59 Å². The van der Waals surface area contributed by atoms with Gasteiger partial charge >= 0.3 is 17.9 Å². The Hall–Kier alpha value is -3.01. The smallest absolute Gasteiger partial charge is 0.361 e. The van der Waals surface area contributed by atoms with Crippen LogP contribution in [0.1, 0.15) is 399 Å². The number of likely N-dealkylation sites (N-methyl/N-ethyl adjacent to an activating group) is 1. The number of aliphatic carboxylic acids is 1. The summed E-state index contributed by atoms with van der Waals surface area (Å²) in [5.74, 6) is -1.98. The Morgan fingerprint density at radius 2 is 0.581 bits per heavy atom. The summed E-state index contributed by atoms with van der Waals surface area (Å²) < 4.78 is 23.1. The Kier molecular flexibility index (Phi) is 72.4. The fourth-order valence-electron chi connectivity index (χ4n) is 12.1. The van der Waals surface area contributed by atoms with E-state index in [1.807, 2.05) is 21.1 Å². The van der Waals surface area contributed by atoms with Crippen molar-refractivity contribution < 1.29 is 42.9 Å². The summed E-state index contributed by atoms with van der Waals surface area (Å²) in [6.07, 6.45) is 96.7. The zero-order chi connectivity index (χ0) is 67.5. The third-order valence-corrected chi connectivity index (χ3v) is 18.2. The molecule has 0 heterocycles. The Bertz CT molecular complexity index is 1710. The Morgan fingerprint density at radius 3 is 0.860 bits per heavy atom. The summed E-state index contributed by atoms with van der Waals surface area (Å²) in [6.45, 7) is 4.92. The highest BCUT2D eigenvalue weighted by Gasteiger charge is 2.25. The van der Waals surface area contributed by atoms with Gasteiger partial charge in [-0.15, -0.1) is 0 Å². The van der Waals surface area contributed by atoms with Crippen molar-refractivity contribution in [1.29, 1.82) is 0 Å². The molecule has 0 aliphatic heterocycles. The van der Waals surface area contributed by atoms with E-state index < -0.39 is 18.4 Å². The van der Waals surface area contributed by atoms with E-state index in [2.05, 4.69) is 74.6 Å². The van der Waals surface area contributed by atoms with Crippen LogP contribution in [0.4, 0.5) is 0 Å². The number of hydrogen-bond acceptors (Lipinski definition) is 7. The number of carbonyl (C=O) groups excluding carboxylic acids is 2. The SMILES string of the molecule is CCCCCCC/C=C\C/C=C\C/C=C\CCCCCCCCCCCCCCCCCCCCCCCCCCC(=O)OC(COC(=O)CCCCCCCCCCCCCCCCCCC/C=C\C/C=C\CCCCCCC)COC(OCC[N+](C)(C)C)C(=O)O. The van der Waals surface area contributed by atoms with E-state index in [9.17, 15) is 19.5 Å². The molecule has 1 N–H and O–H groups in total. The van der Waals surface area contributed by atoms with Crippen molar-refractivity contribution in [1.82, 2.24) is 0 Å². The third kappa shape index (κ3) is 76.2. The van der Waals surface area contributed by atoms with Crippen LogP contribution >= 0.6 is 0 Å². The lowest BCUT2D eigenvalue weighted by Crippen LogP contribution is -2.40. The maximum absolute atomic E-state index is 13.0. The van der Waals surface area contributed by atoms with E-state index in [1.54, 1.807) is 0 Å². The summed E-state index contributed by atoms with van der Waals surface area (Å²) in [5.41, 5.74) is 0. The number of carboxylic acid groups (broad SMARTS) is 1. The van der Waals surface area contributed by atoms with E-state index >= 15 is 0 Å². The van der Waals surface area contributed by atoms with E-state index in [4.69, 9.17) is 18.9 Å². The fraction of sp³-hybridized carbons (Fsp3) is 0.845. The number of carboxylic acids is 1. The molecule has 9 heteroatoms. The molecule has 0 spiro atoms. The Morgan fingerprint density at radius 1 is 0.323 bits per heavy atom. The van der Waals surface area contributed by atoms with Gasteiger partial charge in [-0.1, -0.05) is 364 Å². The van der Waals surface area contributed by atoms with Gasteiger partial charge in [0.2, 0.25) is 0 Å². The van der Waals surface area contributed by atoms with Crippen molar-refractivity contribution in [3.8, 4) is 0 Å². The monoisotopic (exact) mass is 1310 g/mol. The molecule has 0 radical (unpaired) electrons. The molecule has 0 aliphatic carbocycles. The van der Waals surface area contributed by atoms with E-state index in [-0.39, 0.29) is 38.2 Å². The van der Waals surface area contributed by atoms with Crippen LogP contribution in [0.5, 0.6) is 0 Å². The van der Waals surface area contributed by atoms with Gasteiger partial charge in [0.15, 0.2) is 6.10 Å². The van der Waals surface area contributed by atoms with Crippen molar-refractivity contribution in [3.63, 3.8) is 0 Å². The van der Waals surface area contributed by atoms with Gasteiger partial charge in [0, 0.05) is 12.8 Å². The van der Waals surface area contributed by atoms with E-state index in [0.29, 0.717) is 17.4 Å². The first kappa shape index (κ1) is 90.0. The molecule has 93 heavy (non-hydrogen) atoms. The van der Waals surface area contributed by atoms with Gasteiger partial charge in [-0.2, -0.15) is 0 Å². The molecule has 0 aromatic heterocycles. The lowest BCUT2D eigenvalue weighted by molar-refractivity contribution is -0.870. The number of esters is 2. The summed E-state index contributed by atoms with van der Waals surface area (Å²) in [5, 5.41) is 9.77. The first-order chi connectivity index (χ1) is 45.6. The molecule has 0 saturated carbocycles. The van der Waals surface area contributed by atoms with Crippen LogP contribution in [0.25, 0.3) is 0 Å². The fourth-order valence-corrected chi connectivity index (χ4v) is 12.1. The van der Waals surface area contributed by atoms with Crippen molar-refractivity contribution in [2.45, 2.75) is 411 Å². The van der Waals surface area contributed by atoms with Crippen molar-refractivity contribution in [2.75, 3.05) is 47.5 Å².